The Morgan fingerprint density at radius 1 is 1.15 bits per heavy atom. The summed E-state index contributed by atoms with van der Waals surface area (Å²) < 4.78 is 2.93. The van der Waals surface area contributed by atoms with Crippen molar-refractivity contribution in [3.63, 3.8) is 0 Å². The van der Waals surface area contributed by atoms with Gasteiger partial charge in [0.05, 0.1) is 23.1 Å². The first-order chi connectivity index (χ1) is 12.9. The van der Waals surface area contributed by atoms with Gasteiger partial charge >= 0.3 is 5.97 Å². The number of aromatic nitrogens is 4. The van der Waals surface area contributed by atoms with Crippen LogP contribution < -0.4 is 5.32 Å². The molecule has 1 amide bonds. The van der Waals surface area contributed by atoms with Gasteiger partial charge in [-0.25, -0.2) is 4.79 Å². The summed E-state index contributed by atoms with van der Waals surface area (Å²) in [4.78, 5) is 23.1. The molecule has 0 radical (unpaired) electrons. The number of aromatic carboxylic acids is 1. The number of anilines is 1. The molecule has 2 heterocycles. The monoisotopic (exact) mass is 407 g/mol. The van der Waals surface area contributed by atoms with Gasteiger partial charge in [0.1, 0.15) is 5.69 Å². The molecule has 0 spiro atoms. The van der Waals surface area contributed by atoms with E-state index in [-0.39, 0.29) is 24.6 Å². The standard InChI is InChI=1S/C17H15Cl2N5O3/c18-12-2-1-11(9-13(12)19)10-23-7-4-15(22-23)21-16(25)5-8-24-14(17(26)27)3-6-20-24/h1-4,6-7,9H,5,8,10H2,(H,26,27)(H,21,22,25). The number of rotatable bonds is 7. The van der Waals surface area contributed by atoms with Gasteiger partial charge in [0.25, 0.3) is 0 Å². The van der Waals surface area contributed by atoms with Gasteiger partial charge in [0.2, 0.25) is 5.91 Å². The van der Waals surface area contributed by atoms with Crippen LogP contribution in [0, 0.1) is 0 Å². The van der Waals surface area contributed by atoms with Gasteiger partial charge in [-0.3, -0.25) is 14.2 Å². The molecule has 0 saturated heterocycles. The van der Waals surface area contributed by atoms with Gasteiger partial charge in [0, 0.05) is 24.9 Å². The molecule has 0 atom stereocenters. The Kier molecular flexibility index (Phi) is 5.78. The number of hydrogen-bond donors (Lipinski definition) is 2. The summed E-state index contributed by atoms with van der Waals surface area (Å²) in [6.07, 6.45) is 3.18. The number of benzene rings is 1. The summed E-state index contributed by atoms with van der Waals surface area (Å²) in [7, 11) is 0. The van der Waals surface area contributed by atoms with Crippen molar-refractivity contribution in [2.24, 2.45) is 0 Å². The fourth-order valence-corrected chi connectivity index (χ4v) is 2.77. The average Bonchev–Trinajstić information content (AvgIpc) is 3.26. The number of halogens is 2. The van der Waals surface area contributed by atoms with Crippen molar-refractivity contribution in [3.05, 3.63) is 64.0 Å². The summed E-state index contributed by atoms with van der Waals surface area (Å²) in [5.74, 6) is -0.977. The number of nitrogens with one attached hydrogen (secondary N) is 1. The van der Waals surface area contributed by atoms with E-state index in [0.29, 0.717) is 22.4 Å². The van der Waals surface area contributed by atoms with Gasteiger partial charge in [0.15, 0.2) is 5.82 Å². The summed E-state index contributed by atoms with van der Waals surface area (Å²) in [5, 5.41) is 20.8. The number of carbonyl (C=O) groups is 2. The zero-order valence-corrected chi connectivity index (χ0v) is 15.5. The molecule has 0 unspecified atom stereocenters. The highest BCUT2D eigenvalue weighted by Crippen LogP contribution is 2.23. The van der Waals surface area contributed by atoms with Crippen molar-refractivity contribution in [3.8, 4) is 0 Å². The number of carboxylic acid groups (broad SMARTS) is 1. The second-order valence-electron chi connectivity index (χ2n) is 5.69. The quantitative estimate of drug-likeness (QED) is 0.625. The Balaban J connectivity index is 1.55. The summed E-state index contributed by atoms with van der Waals surface area (Å²) >= 11 is 11.9. The van der Waals surface area contributed by atoms with E-state index in [1.54, 1.807) is 29.1 Å². The van der Waals surface area contributed by atoms with Crippen LogP contribution in [-0.4, -0.2) is 36.5 Å². The molecule has 1 aromatic carbocycles. The first-order valence-electron chi connectivity index (χ1n) is 7.95. The molecule has 0 fully saturated rings. The predicted molar refractivity (Wildman–Crippen MR) is 100 cm³/mol. The van der Waals surface area contributed by atoms with E-state index in [4.69, 9.17) is 28.3 Å². The van der Waals surface area contributed by atoms with Gasteiger partial charge in [-0.1, -0.05) is 29.3 Å². The third-order valence-corrected chi connectivity index (χ3v) is 4.46. The second-order valence-corrected chi connectivity index (χ2v) is 6.50. The molecule has 0 saturated carbocycles. The highest BCUT2D eigenvalue weighted by atomic mass is 35.5. The Morgan fingerprint density at radius 2 is 1.96 bits per heavy atom. The zero-order chi connectivity index (χ0) is 19.4. The van der Waals surface area contributed by atoms with Crippen LogP contribution in [0.3, 0.4) is 0 Å². The Labute approximate surface area is 164 Å². The molecule has 0 aliphatic carbocycles. The van der Waals surface area contributed by atoms with Crippen LogP contribution in [0.5, 0.6) is 0 Å². The maximum absolute atomic E-state index is 12.1. The topological polar surface area (TPSA) is 102 Å². The lowest BCUT2D eigenvalue weighted by Crippen LogP contribution is -2.17. The largest absolute Gasteiger partial charge is 0.477 e. The molecule has 8 nitrogen and oxygen atoms in total. The fraction of sp³-hybridized carbons (Fsp3) is 0.176. The first kappa shape index (κ1) is 18.9. The Hall–Kier alpha value is -2.84. The number of hydrogen-bond acceptors (Lipinski definition) is 4. The maximum Gasteiger partial charge on any atom is 0.354 e. The number of nitrogens with zero attached hydrogens (tertiary/aromatic N) is 4. The van der Waals surface area contributed by atoms with E-state index in [0.717, 1.165) is 5.56 Å². The molecule has 3 rings (SSSR count). The number of amides is 1. The third kappa shape index (κ3) is 4.87. The smallest absolute Gasteiger partial charge is 0.354 e. The van der Waals surface area contributed by atoms with Crippen LogP contribution in [0.1, 0.15) is 22.5 Å². The molecule has 27 heavy (non-hydrogen) atoms. The maximum atomic E-state index is 12.1. The lowest BCUT2D eigenvalue weighted by Gasteiger charge is -2.05. The SMILES string of the molecule is O=C(CCn1nccc1C(=O)O)Nc1ccn(Cc2ccc(Cl)c(Cl)c2)n1. The van der Waals surface area contributed by atoms with E-state index >= 15 is 0 Å². The van der Waals surface area contributed by atoms with Crippen molar-refractivity contribution in [2.45, 2.75) is 19.5 Å². The Morgan fingerprint density at radius 3 is 2.70 bits per heavy atom. The van der Waals surface area contributed by atoms with Gasteiger partial charge in [-0.15, -0.1) is 0 Å². The lowest BCUT2D eigenvalue weighted by atomic mass is 10.2. The number of aryl methyl sites for hydroxylation is 1. The average molecular weight is 408 g/mol. The number of carboxylic acids is 1. The van der Waals surface area contributed by atoms with Gasteiger partial charge in [-0.05, 0) is 23.8 Å². The van der Waals surface area contributed by atoms with E-state index in [2.05, 4.69) is 15.5 Å². The van der Waals surface area contributed by atoms with E-state index < -0.39 is 5.97 Å². The molecule has 0 aliphatic heterocycles. The molecule has 3 aromatic rings. The molecule has 10 heteroatoms. The minimum Gasteiger partial charge on any atom is -0.477 e. The van der Waals surface area contributed by atoms with E-state index in [1.165, 1.54) is 16.9 Å². The summed E-state index contributed by atoms with van der Waals surface area (Å²) in [5.41, 5.74) is 0.957. The molecular formula is C17H15Cl2N5O3. The molecule has 2 N–H and O–H groups in total. The fourth-order valence-electron chi connectivity index (χ4n) is 2.45. The van der Waals surface area contributed by atoms with Crippen molar-refractivity contribution >= 4 is 40.9 Å². The third-order valence-electron chi connectivity index (χ3n) is 3.72. The van der Waals surface area contributed by atoms with Crippen molar-refractivity contribution in [1.29, 1.82) is 0 Å². The van der Waals surface area contributed by atoms with E-state index in [1.807, 2.05) is 6.07 Å². The van der Waals surface area contributed by atoms with Crippen molar-refractivity contribution in [2.75, 3.05) is 5.32 Å². The molecule has 2 aromatic heterocycles. The minimum absolute atomic E-state index is 0.0358. The summed E-state index contributed by atoms with van der Waals surface area (Å²) in [6, 6.07) is 8.37. The van der Waals surface area contributed by atoms with Crippen molar-refractivity contribution < 1.29 is 14.7 Å². The van der Waals surface area contributed by atoms with Gasteiger partial charge < -0.3 is 10.4 Å². The number of carbonyl (C=O) groups excluding carboxylic acids is 1. The molecule has 140 valence electrons. The van der Waals surface area contributed by atoms with Crippen LogP contribution in [-0.2, 0) is 17.9 Å². The molecule has 0 aliphatic rings. The predicted octanol–water partition coefficient (Wildman–Crippen LogP) is 3.16. The van der Waals surface area contributed by atoms with Gasteiger partial charge in [-0.2, -0.15) is 10.2 Å². The van der Waals surface area contributed by atoms with Crippen LogP contribution in [0.25, 0.3) is 0 Å². The van der Waals surface area contributed by atoms with Crippen LogP contribution in [0.2, 0.25) is 10.0 Å². The molecule has 0 bridgehead atoms. The van der Waals surface area contributed by atoms with Crippen LogP contribution in [0.4, 0.5) is 5.82 Å². The normalized spacial score (nSPS) is 10.7. The second kappa shape index (κ2) is 8.24. The molecular weight excluding hydrogens is 393 g/mol. The zero-order valence-electron chi connectivity index (χ0n) is 14.0. The van der Waals surface area contributed by atoms with Crippen LogP contribution in [0.15, 0.2) is 42.7 Å². The van der Waals surface area contributed by atoms with Crippen molar-refractivity contribution in [1.82, 2.24) is 19.6 Å². The lowest BCUT2D eigenvalue weighted by molar-refractivity contribution is -0.116. The Bertz CT molecular complexity index is 983. The van der Waals surface area contributed by atoms with Crippen LogP contribution >= 0.6 is 23.2 Å². The summed E-state index contributed by atoms with van der Waals surface area (Å²) in [6.45, 7) is 0.631. The first-order valence-corrected chi connectivity index (χ1v) is 8.70. The minimum atomic E-state index is -1.09. The highest BCUT2D eigenvalue weighted by molar-refractivity contribution is 6.42. The van der Waals surface area contributed by atoms with E-state index in [9.17, 15) is 9.59 Å². The highest BCUT2D eigenvalue weighted by Gasteiger charge is 2.12.